The molecule has 1 aromatic carbocycles. The molecule has 1 aliphatic rings. The minimum absolute atomic E-state index is 0.0318. The highest BCUT2D eigenvalue weighted by Gasteiger charge is 2.29. The van der Waals surface area contributed by atoms with Gasteiger partial charge in [-0.05, 0) is 37.1 Å². The molecule has 5 nitrogen and oxygen atoms in total. The highest BCUT2D eigenvalue weighted by atomic mass is 32.1. The van der Waals surface area contributed by atoms with E-state index in [0.717, 1.165) is 47.8 Å². The predicted octanol–water partition coefficient (Wildman–Crippen LogP) is 5.00. The third kappa shape index (κ3) is 3.76. The van der Waals surface area contributed by atoms with Crippen molar-refractivity contribution < 1.29 is 13.9 Å². The van der Waals surface area contributed by atoms with Crippen molar-refractivity contribution >= 4 is 17.2 Å². The van der Waals surface area contributed by atoms with Crippen LogP contribution in [-0.2, 0) is 6.54 Å². The Kier molecular flexibility index (Phi) is 5.25. The summed E-state index contributed by atoms with van der Waals surface area (Å²) in [5.74, 6) is 1.53. The third-order valence-corrected chi connectivity index (χ3v) is 5.87. The second kappa shape index (κ2) is 7.96. The number of para-hydroxylation sites is 1. The number of thiazole rings is 1. The lowest BCUT2D eigenvalue weighted by atomic mass is 10.2. The van der Waals surface area contributed by atoms with E-state index in [1.54, 1.807) is 13.4 Å². The van der Waals surface area contributed by atoms with Crippen LogP contribution in [0.5, 0.6) is 5.75 Å². The van der Waals surface area contributed by atoms with Crippen LogP contribution in [0.25, 0.3) is 10.6 Å². The summed E-state index contributed by atoms with van der Waals surface area (Å²) >= 11 is 1.47. The molecule has 27 heavy (non-hydrogen) atoms. The Morgan fingerprint density at radius 1 is 1.26 bits per heavy atom. The standard InChI is InChI=1S/C21H22N2O3S/c1-25-19-11-5-4-10-17(19)20-22-18(14-27-20)21(24)23(15-7-2-3-8-15)13-16-9-6-12-26-16/h4-6,9-12,14-15H,2-3,7-8,13H2,1H3. The van der Waals surface area contributed by atoms with E-state index in [9.17, 15) is 4.79 Å². The molecule has 0 unspecified atom stereocenters. The van der Waals surface area contributed by atoms with E-state index >= 15 is 0 Å². The number of aromatic nitrogens is 1. The van der Waals surface area contributed by atoms with E-state index in [0.29, 0.717) is 12.2 Å². The first-order chi connectivity index (χ1) is 13.3. The van der Waals surface area contributed by atoms with Crippen molar-refractivity contribution in [1.82, 2.24) is 9.88 Å². The monoisotopic (exact) mass is 382 g/mol. The van der Waals surface area contributed by atoms with Crippen LogP contribution in [0.1, 0.15) is 41.9 Å². The number of furan rings is 1. The van der Waals surface area contributed by atoms with Gasteiger partial charge in [0.1, 0.15) is 22.2 Å². The Morgan fingerprint density at radius 3 is 2.81 bits per heavy atom. The minimum atomic E-state index is -0.0318. The Labute approximate surface area is 162 Å². The number of benzene rings is 1. The normalized spacial score (nSPS) is 14.4. The SMILES string of the molecule is COc1ccccc1-c1nc(C(=O)N(Cc2ccco2)C2CCCC2)cs1. The van der Waals surface area contributed by atoms with Gasteiger partial charge in [-0.25, -0.2) is 4.98 Å². The van der Waals surface area contributed by atoms with E-state index in [4.69, 9.17) is 9.15 Å². The molecule has 0 spiro atoms. The molecule has 2 heterocycles. The minimum Gasteiger partial charge on any atom is -0.496 e. The van der Waals surface area contributed by atoms with Crippen molar-refractivity contribution in [2.24, 2.45) is 0 Å². The summed E-state index contributed by atoms with van der Waals surface area (Å²) in [6.45, 7) is 0.484. The van der Waals surface area contributed by atoms with Crippen molar-refractivity contribution in [1.29, 1.82) is 0 Å². The van der Waals surface area contributed by atoms with Crippen LogP contribution in [0, 0.1) is 0 Å². The van der Waals surface area contributed by atoms with E-state index < -0.39 is 0 Å². The quantitative estimate of drug-likeness (QED) is 0.602. The molecule has 1 saturated carbocycles. The van der Waals surface area contributed by atoms with Crippen molar-refractivity contribution in [2.75, 3.05) is 7.11 Å². The van der Waals surface area contributed by atoms with Crippen molar-refractivity contribution in [3.05, 3.63) is 59.5 Å². The van der Waals surface area contributed by atoms with E-state index in [2.05, 4.69) is 4.98 Å². The van der Waals surface area contributed by atoms with Crippen molar-refractivity contribution in [3.8, 4) is 16.3 Å². The summed E-state index contributed by atoms with van der Waals surface area (Å²) in [7, 11) is 1.64. The van der Waals surface area contributed by atoms with Gasteiger partial charge < -0.3 is 14.1 Å². The molecule has 0 bridgehead atoms. The zero-order valence-electron chi connectivity index (χ0n) is 15.3. The van der Waals surface area contributed by atoms with Crippen LogP contribution in [-0.4, -0.2) is 28.9 Å². The third-order valence-electron chi connectivity index (χ3n) is 4.99. The maximum Gasteiger partial charge on any atom is 0.274 e. The fraction of sp³-hybridized carbons (Fsp3) is 0.333. The summed E-state index contributed by atoms with van der Waals surface area (Å²) in [5, 5.41) is 2.63. The smallest absolute Gasteiger partial charge is 0.274 e. The van der Waals surface area contributed by atoms with Gasteiger partial charge in [0.25, 0.3) is 5.91 Å². The average molecular weight is 382 g/mol. The van der Waals surface area contributed by atoms with E-state index in [-0.39, 0.29) is 11.9 Å². The Hall–Kier alpha value is -2.60. The maximum atomic E-state index is 13.3. The van der Waals surface area contributed by atoms with Crippen LogP contribution in [0.15, 0.2) is 52.5 Å². The number of hydrogen-bond acceptors (Lipinski definition) is 5. The molecule has 0 saturated heterocycles. The highest BCUT2D eigenvalue weighted by Crippen LogP contribution is 2.33. The highest BCUT2D eigenvalue weighted by molar-refractivity contribution is 7.13. The number of methoxy groups -OCH3 is 1. The number of amides is 1. The fourth-order valence-electron chi connectivity index (χ4n) is 3.62. The van der Waals surface area contributed by atoms with Crippen molar-refractivity contribution in [2.45, 2.75) is 38.3 Å². The molecule has 1 fully saturated rings. The Bertz CT molecular complexity index is 898. The topological polar surface area (TPSA) is 55.6 Å². The number of rotatable bonds is 6. The fourth-order valence-corrected chi connectivity index (χ4v) is 4.44. The number of hydrogen-bond donors (Lipinski definition) is 0. The summed E-state index contributed by atoms with van der Waals surface area (Å²) in [6.07, 6.45) is 6.05. The van der Waals surface area contributed by atoms with Crippen LogP contribution >= 0.6 is 11.3 Å². The van der Waals surface area contributed by atoms with Gasteiger partial charge in [0, 0.05) is 11.4 Å². The molecule has 1 aliphatic carbocycles. The van der Waals surface area contributed by atoms with E-state index in [1.807, 2.05) is 46.7 Å². The van der Waals surface area contributed by atoms with Crippen molar-refractivity contribution in [3.63, 3.8) is 0 Å². The molecule has 1 amide bonds. The second-order valence-corrected chi connectivity index (χ2v) is 7.55. The van der Waals surface area contributed by atoms with Gasteiger partial charge in [0.05, 0.1) is 25.5 Å². The van der Waals surface area contributed by atoms with Gasteiger partial charge in [0.15, 0.2) is 0 Å². The second-order valence-electron chi connectivity index (χ2n) is 6.69. The molecule has 140 valence electrons. The molecule has 4 rings (SSSR count). The number of ether oxygens (including phenoxy) is 1. The van der Waals surface area contributed by atoms with Crippen LogP contribution in [0.2, 0.25) is 0 Å². The molecule has 0 radical (unpaired) electrons. The molecule has 3 aromatic rings. The first-order valence-corrected chi connectivity index (χ1v) is 10.1. The summed E-state index contributed by atoms with van der Waals surface area (Å²) in [4.78, 5) is 19.8. The largest absolute Gasteiger partial charge is 0.496 e. The summed E-state index contributed by atoms with van der Waals surface area (Å²) in [6, 6.07) is 11.8. The lowest BCUT2D eigenvalue weighted by Gasteiger charge is -2.27. The first kappa shape index (κ1) is 17.8. The molecule has 0 atom stereocenters. The molecule has 2 aromatic heterocycles. The Balaban J connectivity index is 1.60. The zero-order valence-corrected chi connectivity index (χ0v) is 16.1. The molecular weight excluding hydrogens is 360 g/mol. The maximum absolute atomic E-state index is 13.3. The van der Waals surface area contributed by atoms with Gasteiger partial charge in [-0.1, -0.05) is 25.0 Å². The lowest BCUT2D eigenvalue weighted by molar-refractivity contribution is 0.0644. The van der Waals surface area contributed by atoms with Crippen LogP contribution < -0.4 is 4.74 Å². The average Bonchev–Trinajstić information content (AvgIpc) is 3.48. The van der Waals surface area contributed by atoms with Gasteiger partial charge in [-0.3, -0.25) is 4.79 Å². The van der Waals surface area contributed by atoms with Gasteiger partial charge in [-0.15, -0.1) is 11.3 Å². The molecular formula is C21H22N2O3S. The summed E-state index contributed by atoms with van der Waals surface area (Å²) < 4.78 is 10.9. The van der Waals surface area contributed by atoms with Crippen LogP contribution in [0.3, 0.4) is 0 Å². The first-order valence-electron chi connectivity index (χ1n) is 9.18. The molecule has 6 heteroatoms. The Morgan fingerprint density at radius 2 is 2.07 bits per heavy atom. The van der Waals surface area contributed by atoms with Gasteiger partial charge in [0.2, 0.25) is 0 Å². The lowest BCUT2D eigenvalue weighted by Crippen LogP contribution is -2.38. The van der Waals surface area contributed by atoms with Gasteiger partial charge in [-0.2, -0.15) is 0 Å². The number of carbonyl (C=O) groups excluding carboxylic acids is 1. The van der Waals surface area contributed by atoms with Crippen LogP contribution in [0.4, 0.5) is 0 Å². The number of carbonyl (C=O) groups is 1. The number of nitrogens with zero attached hydrogens (tertiary/aromatic N) is 2. The molecule has 0 aliphatic heterocycles. The zero-order chi connectivity index (χ0) is 18.6. The van der Waals surface area contributed by atoms with Gasteiger partial charge >= 0.3 is 0 Å². The molecule has 0 N–H and O–H groups in total. The van der Waals surface area contributed by atoms with E-state index in [1.165, 1.54) is 11.3 Å². The summed E-state index contributed by atoms with van der Waals surface area (Å²) in [5.41, 5.74) is 1.39. The predicted molar refractivity (Wildman–Crippen MR) is 105 cm³/mol.